The lowest BCUT2D eigenvalue weighted by molar-refractivity contribution is 0.627. The summed E-state index contributed by atoms with van der Waals surface area (Å²) in [5, 5.41) is 0.414. The predicted molar refractivity (Wildman–Crippen MR) is 81.3 cm³/mol. The number of nitrogens with zero attached hydrogens (tertiary/aromatic N) is 2. The topological polar surface area (TPSA) is 25.8 Å². The minimum absolute atomic E-state index is 0.319. The summed E-state index contributed by atoms with van der Waals surface area (Å²) in [6.07, 6.45) is 4.74. The normalized spacial score (nSPS) is 15.8. The molecule has 0 spiro atoms. The molecule has 5 heteroatoms. The van der Waals surface area contributed by atoms with Crippen molar-refractivity contribution in [2.24, 2.45) is 0 Å². The second-order valence-electron chi connectivity index (χ2n) is 5.08. The largest absolute Gasteiger partial charge is 0.233 e. The van der Waals surface area contributed by atoms with Gasteiger partial charge in [-0.05, 0) is 37.1 Å². The quantitative estimate of drug-likeness (QED) is 0.678. The molecule has 1 heterocycles. The highest BCUT2D eigenvalue weighted by Crippen LogP contribution is 2.34. The van der Waals surface area contributed by atoms with E-state index < -0.39 is 0 Å². The van der Waals surface area contributed by atoms with Crippen molar-refractivity contribution in [2.45, 2.75) is 31.6 Å². The maximum atomic E-state index is 13.5. The molecule has 0 amide bonds. The van der Waals surface area contributed by atoms with Crippen LogP contribution in [0.3, 0.4) is 0 Å². The first-order valence-electron chi connectivity index (χ1n) is 6.63. The molecule has 0 N–H and O–H groups in total. The third-order valence-corrected chi connectivity index (χ3v) is 4.26. The van der Waals surface area contributed by atoms with Gasteiger partial charge in [0.25, 0.3) is 0 Å². The number of hydrogen-bond donors (Lipinski definition) is 0. The number of benzene rings is 1. The van der Waals surface area contributed by atoms with Crippen LogP contribution in [0.4, 0.5) is 4.39 Å². The molecule has 1 saturated carbocycles. The zero-order valence-electron chi connectivity index (χ0n) is 10.7. The molecule has 3 rings (SSSR count). The van der Waals surface area contributed by atoms with Crippen molar-refractivity contribution in [3.63, 3.8) is 0 Å². The lowest BCUT2D eigenvalue weighted by atomic mass is 10.0. The fourth-order valence-electron chi connectivity index (χ4n) is 2.68. The molecule has 1 aliphatic carbocycles. The maximum Gasteiger partial charge on any atom is 0.161 e. The Morgan fingerprint density at radius 2 is 1.85 bits per heavy atom. The molecule has 1 aliphatic rings. The molecule has 104 valence electrons. The fraction of sp³-hybridized carbons (Fsp3) is 0.333. The highest BCUT2D eigenvalue weighted by molar-refractivity contribution is 9.10. The first-order chi connectivity index (χ1) is 9.61. The Balaban J connectivity index is 2.04. The number of hydrogen-bond acceptors (Lipinski definition) is 2. The van der Waals surface area contributed by atoms with Gasteiger partial charge < -0.3 is 0 Å². The Kier molecular flexibility index (Phi) is 4.03. The van der Waals surface area contributed by atoms with Gasteiger partial charge >= 0.3 is 0 Å². The molecule has 0 unspecified atom stereocenters. The van der Waals surface area contributed by atoms with E-state index in [1.807, 2.05) is 6.07 Å². The number of halogens is 3. The van der Waals surface area contributed by atoms with E-state index in [0.717, 1.165) is 18.5 Å². The zero-order chi connectivity index (χ0) is 14.1. The number of aromatic nitrogens is 2. The first-order valence-corrected chi connectivity index (χ1v) is 7.80. The molecule has 2 aromatic rings. The van der Waals surface area contributed by atoms with Crippen LogP contribution in [0.1, 0.15) is 37.3 Å². The summed E-state index contributed by atoms with van der Waals surface area (Å²) >= 11 is 9.39. The summed E-state index contributed by atoms with van der Waals surface area (Å²) in [6, 6.07) is 6.46. The molecule has 0 atom stereocenters. The van der Waals surface area contributed by atoms with Crippen LogP contribution in [0, 0.1) is 5.82 Å². The van der Waals surface area contributed by atoms with Crippen molar-refractivity contribution in [1.82, 2.24) is 9.97 Å². The van der Waals surface area contributed by atoms with E-state index in [2.05, 4.69) is 25.9 Å². The second-order valence-corrected chi connectivity index (χ2v) is 6.38. The van der Waals surface area contributed by atoms with Crippen LogP contribution in [0.5, 0.6) is 0 Å². The predicted octanol–water partition coefficient (Wildman–Crippen LogP) is 5.36. The minimum atomic E-state index is -0.319. The molecule has 1 aromatic carbocycles. The lowest BCUT2D eigenvalue weighted by Gasteiger charge is -2.11. The maximum absolute atomic E-state index is 13.5. The Hall–Kier alpha value is -1.00. The monoisotopic (exact) mass is 354 g/mol. The Labute approximate surface area is 130 Å². The average Bonchev–Trinajstić information content (AvgIpc) is 2.90. The molecule has 1 aromatic heterocycles. The van der Waals surface area contributed by atoms with Gasteiger partial charge in [0.15, 0.2) is 5.82 Å². The van der Waals surface area contributed by atoms with E-state index in [9.17, 15) is 4.39 Å². The van der Waals surface area contributed by atoms with E-state index in [4.69, 9.17) is 11.6 Å². The molecule has 0 aliphatic heterocycles. The highest BCUT2D eigenvalue weighted by atomic mass is 79.9. The lowest BCUT2D eigenvalue weighted by Crippen LogP contribution is -2.00. The molecule has 2 nitrogen and oxygen atoms in total. The van der Waals surface area contributed by atoms with E-state index in [-0.39, 0.29) is 5.82 Å². The van der Waals surface area contributed by atoms with Gasteiger partial charge in [0, 0.05) is 21.6 Å². The molecule has 0 saturated heterocycles. The van der Waals surface area contributed by atoms with Crippen LogP contribution in [-0.2, 0) is 0 Å². The average molecular weight is 356 g/mol. The SMILES string of the molecule is Fc1cc(Br)cc(-c2nc(Cl)cc(C3CCCC3)n2)c1. The van der Waals surface area contributed by atoms with Gasteiger partial charge in [0.05, 0.1) is 0 Å². The molecule has 1 fully saturated rings. The van der Waals surface area contributed by atoms with Gasteiger partial charge in [-0.25, -0.2) is 14.4 Å². The minimum Gasteiger partial charge on any atom is -0.233 e. The Morgan fingerprint density at radius 3 is 2.55 bits per heavy atom. The van der Waals surface area contributed by atoms with Crippen molar-refractivity contribution in [2.75, 3.05) is 0 Å². The standard InChI is InChI=1S/C15H13BrClFN2/c16-11-5-10(6-12(18)7-11)15-19-13(8-14(17)20-15)9-3-1-2-4-9/h5-9H,1-4H2. The van der Waals surface area contributed by atoms with Gasteiger partial charge in [-0.3, -0.25) is 0 Å². The van der Waals surface area contributed by atoms with E-state index >= 15 is 0 Å². The highest BCUT2D eigenvalue weighted by Gasteiger charge is 2.20. The summed E-state index contributed by atoms with van der Waals surface area (Å²) in [6.45, 7) is 0. The van der Waals surface area contributed by atoms with Crippen LogP contribution in [0.2, 0.25) is 5.15 Å². The van der Waals surface area contributed by atoms with E-state index in [1.165, 1.54) is 25.0 Å². The Bertz CT molecular complexity index is 622. The smallest absolute Gasteiger partial charge is 0.161 e. The van der Waals surface area contributed by atoms with Crippen LogP contribution in [0.15, 0.2) is 28.7 Å². The van der Waals surface area contributed by atoms with E-state index in [1.54, 1.807) is 6.07 Å². The summed E-state index contributed by atoms with van der Waals surface area (Å²) in [4.78, 5) is 8.81. The second kappa shape index (κ2) is 5.78. The number of rotatable bonds is 2. The van der Waals surface area contributed by atoms with Crippen LogP contribution in [0.25, 0.3) is 11.4 Å². The van der Waals surface area contributed by atoms with Gasteiger partial charge in [-0.1, -0.05) is 40.4 Å². The first kappa shape index (κ1) is 14.0. The molecular formula is C15H13BrClFN2. The molecule has 20 heavy (non-hydrogen) atoms. The van der Waals surface area contributed by atoms with Gasteiger partial charge in [-0.2, -0.15) is 0 Å². The van der Waals surface area contributed by atoms with Crippen molar-refractivity contribution >= 4 is 27.5 Å². The molecule has 0 bridgehead atoms. The van der Waals surface area contributed by atoms with Crippen LogP contribution >= 0.6 is 27.5 Å². The molecular weight excluding hydrogens is 343 g/mol. The van der Waals surface area contributed by atoms with Gasteiger partial charge in [0.2, 0.25) is 0 Å². The van der Waals surface area contributed by atoms with Crippen molar-refractivity contribution in [1.29, 1.82) is 0 Å². The Morgan fingerprint density at radius 1 is 1.10 bits per heavy atom. The van der Waals surface area contributed by atoms with Crippen molar-refractivity contribution in [3.05, 3.63) is 45.4 Å². The van der Waals surface area contributed by atoms with Gasteiger partial charge in [-0.15, -0.1) is 0 Å². The fourth-order valence-corrected chi connectivity index (χ4v) is 3.33. The summed E-state index contributed by atoms with van der Waals surface area (Å²) < 4.78 is 14.2. The zero-order valence-corrected chi connectivity index (χ0v) is 13.1. The third-order valence-electron chi connectivity index (χ3n) is 3.61. The molecule has 0 radical (unpaired) electrons. The summed E-state index contributed by atoms with van der Waals surface area (Å²) in [7, 11) is 0. The van der Waals surface area contributed by atoms with Crippen molar-refractivity contribution in [3.8, 4) is 11.4 Å². The summed E-state index contributed by atoms with van der Waals surface area (Å²) in [5.74, 6) is 0.617. The van der Waals surface area contributed by atoms with E-state index in [0.29, 0.717) is 26.9 Å². The van der Waals surface area contributed by atoms with Crippen LogP contribution in [-0.4, -0.2) is 9.97 Å². The van der Waals surface area contributed by atoms with Gasteiger partial charge in [0.1, 0.15) is 11.0 Å². The third kappa shape index (κ3) is 3.01. The summed E-state index contributed by atoms with van der Waals surface area (Å²) in [5.41, 5.74) is 1.61. The van der Waals surface area contributed by atoms with Crippen LogP contribution < -0.4 is 0 Å². The van der Waals surface area contributed by atoms with Crippen molar-refractivity contribution < 1.29 is 4.39 Å².